The Bertz CT molecular complexity index is 102. The predicted octanol–water partition coefficient (Wildman–Crippen LogP) is 0.0963. The van der Waals surface area contributed by atoms with E-state index in [1.165, 1.54) is 0 Å². The molecule has 0 saturated heterocycles. The molecule has 0 spiro atoms. The van der Waals surface area contributed by atoms with Gasteiger partial charge in [-0.15, -0.1) is 5.17 Å². The van der Waals surface area contributed by atoms with Crippen LogP contribution in [0, 0.1) is 0 Å². The number of ether oxygens (including phenoxy) is 1. The Hall–Kier alpha value is -0.810. The van der Waals surface area contributed by atoms with Gasteiger partial charge in [-0.05, 0) is 13.8 Å². The average Bonchev–Trinajstić information content (AvgIpc) is 1.63. The van der Waals surface area contributed by atoms with Crippen LogP contribution in [0.3, 0.4) is 0 Å². The Labute approximate surface area is 52.9 Å². The summed E-state index contributed by atoms with van der Waals surface area (Å²) in [6, 6.07) is 0. The van der Waals surface area contributed by atoms with Gasteiger partial charge in [0.15, 0.2) is 0 Å². The molecule has 9 heavy (non-hydrogen) atoms. The Balaban J connectivity index is 3.51. The van der Waals surface area contributed by atoms with E-state index in [1.54, 1.807) is 13.8 Å². The second-order valence-electron chi connectivity index (χ2n) is 1.78. The molecule has 1 amide bonds. The Morgan fingerprint density at radius 1 is 1.78 bits per heavy atom. The lowest BCUT2D eigenvalue weighted by atomic mass is 10.5. The fourth-order valence-corrected chi connectivity index (χ4v) is 0.256. The van der Waals surface area contributed by atoms with Crippen LogP contribution in [0.4, 0.5) is 4.79 Å². The summed E-state index contributed by atoms with van der Waals surface area (Å²) >= 11 is 0. The molecule has 0 unspecified atom stereocenters. The van der Waals surface area contributed by atoms with Crippen molar-refractivity contribution < 1.29 is 14.7 Å². The van der Waals surface area contributed by atoms with Crippen molar-refractivity contribution in [1.29, 1.82) is 0 Å². The predicted molar refractivity (Wildman–Crippen MR) is 29.4 cm³/mol. The van der Waals surface area contributed by atoms with Crippen LogP contribution in [0.5, 0.6) is 0 Å². The van der Waals surface area contributed by atoms with E-state index in [-0.39, 0.29) is 11.3 Å². The van der Waals surface area contributed by atoms with Gasteiger partial charge in [0.05, 0.1) is 6.10 Å². The molecule has 3 N–H and O–H groups in total. The number of nitrogens with zero attached hydrogens (tertiary/aromatic N) is 1. The second kappa shape index (κ2) is 3.26. The smallest absolute Gasteiger partial charge is 0.444 e. The lowest BCUT2D eigenvalue weighted by molar-refractivity contribution is -0.0820. The van der Waals surface area contributed by atoms with Gasteiger partial charge < -0.3 is 4.74 Å². The van der Waals surface area contributed by atoms with Crippen molar-refractivity contribution in [2.45, 2.75) is 20.0 Å². The van der Waals surface area contributed by atoms with E-state index in [1.807, 2.05) is 0 Å². The molecule has 0 aromatic rings. The molecule has 0 aromatic carbocycles. The van der Waals surface area contributed by atoms with Crippen molar-refractivity contribution in [3.05, 3.63) is 0 Å². The van der Waals surface area contributed by atoms with Gasteiger partial charge in [-0.1, -0.05) is 0 Å². The minimum atomic E-state index is -0.954. The molecule has 0 aliphatic rings. The maximum absolute atomic E-state index is 10.3. The average molecular weight is 134 g/mol. The summed E-state index contributed by atoms with van der Waals surface area (Å²) in [7, 11) is 0. The third kappa shape index (κ3) is 3.75. The van der Waals surface area contributed by atoms with E-state index in [0.717, 1.165) is 0 Å². The van der Waals surface area contributed by atoms with Crippen LogP contribution in [-0.4, -0.2) is 22.6 Å². The lowest BCUT2D eigenvalue weighted by Crippen LogP contribution is -2.35. The Morgan fingerprint density at radius 2 is 2.22 bits per heavy atom. The number of carbonyl (C=O) groups is 1. The van der Waals surface area contributed by atoms with E-state index in [4.69, 9.17) is 5.21 Å². The van der Waals surface area contributed by atoms with Gasteiger partial charge in [-0.3, -0.25) is 5.21 Å². The van der Waals surface area contributed by atoms with Crippen molar-refractivity contribution in [2.75, 3.05) is 0 Å². The molecule has 54 valence electrons. The number of hydrogen-bond donors (Lipinski definition) is 2. The van der Waals surface area contributed by atoms with Gasteiger partial charge in [-0.25, -0.2) is 10.6 Å². The minimum Gasteiger partial charge on any atom is -0.444 e. The van der Waals surface area contributed by atoms with Gasteiger partial charge in [0, 0.05) is 0 Å². The highest BCUT2D eigenvalue weighted by molar-refractivity contribution is 5.65. The topological polar surface area (TPSA) is 75.8 Å². The molecule has 0 rings (SSSR count). The van der Waals surface area contributed by atoms with E-state index >= 15 is 0 Å². The highest BCUT2D eigenvalue weighted by Crippen LogP contribution is 1.90. The van der Waals surface area contributed by atoms with Crippen LogP contribution in [0.1, 0.15) is 13.8 Å². The largest absolute Gasteiger partial charge is 0.449 e. The van der Waals surface area contributed by atoms with Gasteiger partial charge >= 0.3 is 6.09 Å². The summed E-state index contributed by atoms with van der Waals surface area (Å²) in [5.41, 5.74) is 0. The number of amides is 1. The van der Waals surface area contributed by atoms with Gasteiger partial charge in [0.1, 0.15) is 0 Å². The lowest BCUT2D eigenvalue weighted by Gasteiger charge is -2.10. The number of hydrazine groups is 1. The van der Waals surface area contributed by atoms with Crippen molar-refractivity contribution in [1.82, 2.24) is 5.17 Å². The van der Waals surface area contributed by atoms with Gasteiger partial charge in [0.2, 0.25) is 0 Å². The third-order valence-corrected chi connectivity index (χ3v) is 0.524. The molecular weight excluding hydrogens is 124 g/mol. The quantitative estimate of drug-likeness (QED) is 0.231. The Morgan fingerprint density at radius 3 is 2.33 bits per heavy atom. The molecule has 0 atom stereocenters. The standard InChI is InChI=1S/C4H10N2O3/c1-3(2)9-4(7)6(5)8/h3,8H,5H2,1-2H3. The van der Waals surface area contributed by atoms with Crippen LogP contribution in [0.2, 0.25) is 0 Å². The molecule has 0 aromatic heterocycles. The summed E-state index contributed by atoms with van der Waals surface area (Å²) in [6.07, 6.45) is -1.22. The van der Waals surface area contributed by atoms with Crippen molar-refractivity contribution >= 4 is 6.09 Å². The zero-order valence-corrected chi connectivity index (χ0v) is 5.37. The minimum absolute atomic E-state index is 0.0972. The molecule has 0 fully saturated rings. The number of hydrogen-bond acceptors (Lipinski definition) is 4. The highest BCUT2D eigenvalue weighted by atomic mass is 16.6. The summed E-state index contributed by atoms with van der Waals surface area (Å²) in [5, 5.41) is 8.11. The van der Waals surface area contributed by atoms with E-state index in [0.29, 0.717) is 0 Å². The van der Waals surface area contributed by atoms with Crippen molar-refractivity contribution in [3.63, 3.8) is 0 Å². The third-order valence-electron chi connectivity index (χ3n) is 0.524. The number of rotatable bonds is 1. The first-order valence-corrected chi connectivity index (χ1v) is 2.48. The molecule has 0 radical (unpaired) electrons. The highest BCUT2D eigenvalue weighted by Gasteiger charge is 2.08. The zero-order valence-electron chi connectivity index (χ0n) is 5.37. The number of hydroxylamine groups is 1. The summed E-state index contributed by atoms with van der Waals surface area (Å²) < 4.78 is 4.42. The van der Waals surface area contributed by atoms with Crippen LogP contribution < -0.4 is 5.84 Å². The van der Waals surface area contributed by atoms with E-state index < -0.39 is 6.09 Å². The van der Waals surface area contributed by atoms with Crippen molar-refractivity contribution in [3.8, 4) is 0 Å². The molecule has 0 saturated carbocycles. The van der Waals surface area contributed by atoms with Crippen LogP contribution in [-0.2, 0) is 4.74 Å². The normalized spacial score (nSPS) is 9.44. The Kier molecular flexibility index (Phi) is 2.97. The molecule has 0 aliphatic heterocycles. The van der Waals surface area contributed by atoms with Crippen LogP contribution in [0.15, 0.2) is 0 Å². The molecule has 5 nitrogen and oxygen atoms in total. The number of carbonyl (C=O) groups excluding carboxylic acids is 1. The molecule has 0 heterocycles. The van der Waals surface area contributed by atoms with Gasteiger partial charge in [0.25, 0.3) is 0 Å². The van der Waals surface area contributed by atoms with Crippen molar-refractivity contribution in [2.24, 2.45) is 5.84 Å². The first kappa shape index (κ1) is 8.19. The molecular formula is C4H10N2O3. The summed E-state index contributed by atoms with van der Waals surface area (Å²) in [5.74, 6) is 4.60. The zero-order chi connectivity index (χ0) is 7.44. The first-order valence-electron chi connectivity index (χ1n) is 2.48. The van der Waals surface area contributed by atoms with Crippen LogP contribution >= 0.6 is 0 Å². The van der Waals surface area contributed by atoms with E-state index in [9.17, 15) is 4.79 Å². The van der Waals surface area contributed by atoms with E-state index in [2.05, 4.69) is 10.6 Å². The maximum atomic E-state index is 10.3. The fourth-order valence-electron chi connectivity index (χ4n) is 0.256. The first-order chi connectivity index (χ1) is 4.04. The molecule has 0 bridgehead atoms. The van der Waals surface area contributed by atoms with Gasteiger partial charge in [-0.2, -0.15) is 0 Å². The SMILES string of the molecule is CC(C)OC(=O)N(N)O. The second-order valence-corrected chi connectivity index (χ2v) is 1.78. The van der Waals surface area contributed by atoms with Crippen LogP contribution in [0.25, 0.3) is 0 Å². The number of nitrogens with two attached hydrogens (primary N) is 1. The fraction of sp³-hybridized carbons (Fsp3) is 0.750. The summed E-state index contributed by atoms with van der Waals surface area (Å²) in [6.45, 7) is 3.31. The monoisotopic (exact) mass is 134 g/mol. The maximum Gasteiger partial charge on any atom is 0.449 e. The molecule has 5 heteroatoms. The molecule has 0 aliphatic carbocycles. The summed E-state index contributed by atoms with van der Waals surface area (Å²) in [4.78, 5) is 10.3.